The lowest BCUT2D eigenvalue weighted by molar-refractivity contribution is 0.669. The van der Waals surface area contributed by atoms with E-state index in [1.54, 1.807) is 0 Å². The third-order valence-corrected chi connectivity index (χ3v) is 9.00. The normalized spacial score (nSPS) is 11.5. The van der Waals surface area contributed by atoms with Crippen molar-refractivity contribution in [2.45, 2.75) is 0 Å². The van der Waals surface area contributed by atoms with E-state index in [4.69, 9.17) is 4.42 Å². The van der Waals surface area contributed by atoms with E-state index in [1.165, 1.54) is 59.3 Å². The van der Waals surface area contributed by atoms with Gasteiger partial charge in [0.15, 0.2) is 0 Å². The Labute approximate surface area is 236 Å². The summed E-state index contributed by atoms with van der Waals surface area (Å²) >= 11 is 1.88. The van der Waals surface area contributed by atoms with E-state index in [9.17, 15) is 0 Å². The zero-order valence-corrected chi connectivity index (χ0v) is 22.5. The summed E-state index contributed by atoms with van der Waals surface area (Å²) in [5, 5.41) is 4.86. The molecule has 8 aromatic rings. The predicted octanol–water partition coefficient (Wildman–Crippen LogP) is 11.5. The lowest BCUT2D eigenvalue weighted by Gasteiger charge is -2.11. The first-order valence-corrected chi connectivity index (χ1v) is 14.3. The van der Waals surface area contributed by atoms with Crippen molar-refractivity contribution in [1.82, 2.24) is 0 Å². The van der Waals surface area contributed by atoms with Crippen LogP contribution < -0.4 is 0 Å². The first-order chi connectivity index (χ1) is 19.8. The molecule has 2 heteroatoms. The van der Waals surface area contributed by atoms with Crippen LogP contribution in [0.25, 0.3) is 75.8 Å². The molecule has 0 N–H and O–H groups in total. The fourth-order valence-corrected chi connectivity index (χ4v) is 7.21. The van der Waals surface area contributed by atoms with Gasteiger partial charge in [0.05, 0.1) is 0 Å². The molecule has 1 nitrogen and oxygen atoms in total. The molecule has 6 aromatic carbocycles. The maximum atomic E-state index is 6.38. The fraction of sp³-hybridized carbons (Fsp3) is 0. The van der Waals surface area contributed by atoms with Crippen molar-refractivity contribution < 1.29 is 4.42 Å². The first-order valence-electron chi connectivity index (χ1n) is 13.5. The molecule has 0 saturated carbocycles. The van der Waals surface area contributed by atoms with Crippen molar-refractivity contribution in [3.05, 3.63) is 146 Å². The lowest BCUT2D eigenvalue weighted by atomic mass is 9.92. The van der Waals surface area contributed by atoms with Crippen LogP contribution in [-0.4, -0.2) is 0 Å². The number of fused-ring (bicyclic) bond motifs is 4. The van der Waals surface area contributed by atoms with Gasteiger partial charge in [-0.15, -0.1) is 11.3 Å². The number of thiophene rings is 1. The van der Waals surface area contributed by atoms with Crippen LogP contribution >= 0.6 is 11.3 Å². The van der Waals surface area contributed by atoms with Gasteiger partial charge in [0, 0.05) is 36.9 Å². The van der Waals surface area contributed by atoms with Gasteiger partial charge >= 0.3 is 0 Å². The summed E-state index contributed by atoms with van der Waals surface area (Å²) in [6, 6.07) is 51.8. The summed E-state index contributed by atoms with van der Waals surface area (Å²) in [6.07, 6.45) is 0. The minimum Gasteiger partial charge on any atom is -0.456 e. The Bertz CT molecular complexity index is 2150. The van der Waals surface area contributed by atoms with Crippen LogP contribution in [0.2, 0.25) is 0 Å². The lowest BCUT2D eigenvalue weighted by Crippen LogP contribution is -1.85. The SMILES string of the molecule is c1ccc(-c2cccc(-c3sc(-c4c(-c5ccccc5)ccc5oc6ccccc6c45)c4ccccc34)c2)cc1. The van der Waals surface area contributed by atoms with Gasteiger partial charge < -0.3 is 4.42 Å². The number of furan rings is 1. The van der Waals surface area contributed by atoms with E-state index in [1.807, 2.05) is 17.4 Å². The summed E-state index contributed by atoms with van der Waals surface area (Å²) in [5.41, 5.74) is 9.18. The Morgan fingerprint density at radius 3 is 1.77 bits per heavy atom. The van der Waals surface area contributed by atoms with E-state index in [0.717, 1.165) is 16.6 Å². The molecular formula is C38H24OS. The number of hydrogen-bond donors (Lipinski definition) is 0. The Hall–Kier alpha value is -4.92. The highest BCUT2D eigenvalue weighted by Gasteiger charge is 2.22. The van der Waals surface area contributed by atoms with Gasteiger partial charge in [0.25, 0.3) is 0 Å². The first kappa shape index (κ1) is 23.0. The number of benzene rings is 6. The van der Waals surface area contributed by atoms with E-state index in [2.05, 4.69) is 140 Å². The molecular weight excluding hydrogens is 504 g/mol. The van der Waals surface area contributed by atoms with Crippen LogP contribution in [0.4, 0.5) is 0 Å². The summed E-state index contributed by atoms with van der Waals surface area (Å²) in [7, 11) is 0. The van der Waals surface area contributed by atoms with Gasteiger partial charge in [-0.3, -0.25) is 0 Å². The molecule has 0 radical (unpaired) electrons. The van der Waals surface area contributed by atoms with Gasteiger partial charge in [-0.2, -0.15) is 0 Å². The molecule has 0 unspecified atom stereocenters. The molecule has 0 aliphatic carbocycles. The molecule has 0 fully saturated rings. The predicted molar refractivity (Wildman–Crippen MR) is 171 cm³/mol. The van der Waals surface area contributed by atoms with Crippen molar-refractivity contribution in [2.75, 3.05) is 0 Å². The molecule has 0 aliphatic heterocycles. The highest BCUT2D eigenvalue weighted by atomic mass is 32.1. The molecule has 0 spiro atoms. The minimum atomic E-state index is 0.917. The molecule has 0 saturated heterocycles. The zero-order chi connectivity index (χ0) is 26.5. The fourth-order valence-electron chi connectivity index (χ4n) is 5.87. The Morgan fingerprint density at radius 1 is 0.400 bits per heavy atom. The van der Waals surface area contributed by atoms with Crippen LogP contribution in [0.3, 0.4) is 0 Å². The monoisotopic (exact) mass is 528 g/mol. The van der Waals surface area contributed by atoms with Crippen LogP contribution in [0, 0.1) is 0 Å². The zero-order valence-electron chi connectivity index (χ0n) is 21.7. The largest absolute Gasteiger partial charge is 0.456 e. The average molecular weight is 529 g/mol. The second kappa shape index (κ2) is 9.37. The second-order valence-corrected chi connectivity index (χ2v) is 11.1. The van der Waals surface area contributed by atoms with Crippen molar-refractivity contribution in [1.29, 1.82) is 0 Å². The molecule has 40 heavy (non-hydrogen) atoms. The minimum absolute atomic E-state index is 0.917. The Morgan fingerprint density at radius 2 is 1.00 bits per heavy atom. The van der Waals surface area contributed by atoms with Crippen molar-refractivity contribution in [3.63, 3.8) is 0 Å². The van der Waals surface area contributed by atoms with Gasteiger partial charge in [0.2, 0.25) is 0 Å². The maximum Gasteiger partial charge on any atom is 0.136 e. The number of hydrogen-bond acceptors (Lipinski definition) is 2. The molecule has 2 heterocycles. The van der Waals surface area contributed by atoms with Crippen LogP contribution in [0.1, 0.15) is 0 Å². The quantitative estimate of drug-likeness (QED) is 0.221. The molecule has 2 aromatic heterocycles. The third-order valence-electron chi connectivity index (χ3n) is 7.71. The Balaban J connectivity index is 1.45. The average Bonchev–Trinajstić information content (AvgIpc) is 3.61. The van der Waals surface area contributed by atoms with Crippen molar-refractivity contribution in [2.24, 2.45) is 0 Å². The second-order valence-electron chi connectivity index (χ2n) is 10.1. The Kier molecular flexibility index (Phi) is 5.39. The molecule has 0 atom stereocenters. The molecule has 0 amide bonds. The van der Waals surface area contributed by atoms with Crippen molar-refractivity contribution in [3.8, 4) is 43.1 Å². The van der Waals surface area contributed by atoms with Crippen LogP contribution in [-0.2, 0) is 0 Å². The summed E-state index contributed by atoms with van der Waals surface area (Å²) in [4.78, 5) is 2.55. The number of rotatable bonds is 4. The highest BCUT2D eigenvalue weighted by molar-refractivity contribution is 7.21. The topological polar surface area (TPSA) is 13.1 Å². The molecule has 188 valence electrons. The van der Waals surface area contributed by atoms with Crippen molar-refractivity contribution >= 4 is 44.0 Å². The summed E-state index contributed by atoms with van der Waals surface area (Å²) < 4.78 is 6.38. The van der Waals surface area contributed by atoms with Crippen LogP contribution in [0.5, 0.6) is 0 Å². The van der Waals surface area contributed by atoms with E-state index in [-0.39, 0.29) is 0 Å². The standard InChI is InChI=1S/C38H24OS/c1-3-12-25(13-4-1)27-16-11-17-28(24-27)37-30-18-7-8-19-31(30)38(40-37)36-29(26-14-5-2-6-15-26)22-23-34-35(36)32-20-9-10-21-33(32)39-34/h1-24H. The van der Waals surface area contributed by atoms with E-state index >= 15 is 0 Å². The molecule has 8 rings (SSSR count). The summed E-state index contributed by atoms with van der Waals surface area (Å²) in [5.74, 6) is 0. The molecule has 0 aliphatic rings. The molecule has 0 bridgehead atoms. The van der Waals surface area contributed by atoms with Gasteiger partial charge in [-0.05, 0) is 52.1 Å². The summed E-state index contributed by atoms with van der Waals surface area (Å²) in [6.45, 7) is 0. The van der Waals surface area contributed by atoms with Gasteiger partial charge in [-0.1, -0.05) is 121 Å². The smallest absolute Gasteiger partial charge is 0.136 e. The number of para-hydroxylation sites is 1. The highest BCUT2D eigenvalue weighted by Crippen LogP contribution is 2.50. The van der Waals surface area contributed by atoms with E-state index in [0.29, 0.717) is 0 Å². The van der Waals surface area contributed by atoms with Gasteiger partial charge in [0.1, 0.15) is 11.2 Å². The third kappa shape index (κ3) is 3.69. The maximum absolute atomic E-state index is 6.38. The van der Waals surface area contributed by atoms with Gasteiger partial charge in [-0.25, -0.2) is 0 Å². The van der Waals surface area contributed by atoms with E-state index < -0.39 is 0 Å². The van der Waals surface area contributed by atoms with Crippen LogP contribution in [0.15, 0.2) is 150 Å².